The largest absolute Gasteiger partial charge is 0.493 e. The molecule has 1 aromatic carbocycles. The molecule has 0 aliphatic rings. The Bertz CT molecular complexity index is 412. The minimum Gasteiger partial charge on any atom is -0.493 e. The Morgan fingerprint density at radius 3 is 2.89 bits per heavy atom. The van der Waals surface area contributed by atoms with Crippen molar-refractivity contribution in [3.8, 4) is 5.75 Å². The van der Waals surface area contributed by atoms with Crippen LogP contribution in [0.15, 0.2) is 36.4 Å². The van der Waals surface area contributed by atoms with Crippen LogP contribution in [0.5, 0.6) is 5.75 Å². The van der Waals surface area contributed by atoms with E-state index >= 15 is 0 Å². The first-order chi connectivity index (χ1) is 8.65. The number of carbonyl (C=O) groups is 1. The van der Waals surface area contributed by atoms with E-state index in [1.165, 1.54) is 11.6 Å². The third-order valence-corrected chi connectivity index (χ3v) is 2.52. The first-order valence-corrected chi connectivity index (χ1v) is 5.89. The van der Waals surface area contributed by atoms with Gasteiger partial charge in [-0.25, -0.2) is 4.79 Å². The average Bonchev–Trinajstić information content (AvgIpc) is 2.39. The minimum absolute atomic E-state index is 0.142. The zero-order valence-corrected chi connectivity index (χ0v) is 10.4. The lowest BCUT2D eigenvalue weighted by molar-refractivity contribution is -0.131. The van der Waals surface area contributed by atoms with Crippen LogP contribution in [-0.2, 0) is 11.2 Å². The summed E-state index contributed by atoms with van der Waals surface area (Å²) in [4.78, 5) is 10.4. The van der Waals surface area contributed by atoms with Crippen molar-refractivity contribution in [1.82, 2.24) is 0 Å². The number of aliphatic carboxylic acids is 1. The van der Waals surface area contributed by atoms with Gasteiger partial charge in [-0.1, -0.05) is 25.1 Å². The molecule has 18 heavy (non-hydrogen) atoms. The molecule has 0 saturated carbocycles. The molecule has 0 saturated heterocycles. The first-order valence-electron chi connectivity index (χ1n) is 5.89. The standard InChI is InChI=1S/C14H18O4/c1-2-11-4-3-5-13(8-11)18-10-12(9-15)6-7-14(16)17/h3-8,12,15H,2,9-10H2,1H3,(H,16,17). The van der Waals surface area contributed by atoms with Crippen LogP contribution in [0.1, 0.15) is 12.5 Å². The number of aliphatic hydroxyl groups is 1. The topological polar surface area (TPSA) is 66.8 Å². The van der Waals surface area contributed by atoms with Gasteiger partial charge in [-0.3, -0.25) is 0 Å². The van der Waals surface area contributed by atoms with Crippen molar-refractivity contribution in [2.24, 2.45) is 5.92 Å². The van der Waals surface area contributed by atoms with Crippen molar-refractivity contribution < 1.29 is 19.7 Å². The molecule has 0 fully saturated rings. The smallest absolute Gasteiger partial charge is 0.327 e. The molecule has 1 rings (SSSR count). The van der Waals surface area contributed by atoms with Crippen LogP contribution in [-0.4, -0.2) is 29.4 Å². The molecule has 2 N–H and O–H groups in total. The highest BCUT2D eigenvalue weighted by atomic mass is 16.5. The Labute approximate surface area is 107 Å². The van der Waals surface area contributed by atoms with Gasteiger partial charge in [-0.2, -0.15) is 0 Å². The van der Waals surface area contributed by atoms with E-state index in [1.54, 1.807) is 0 Å². The number of ether oxygens (including phenoxy) is 1. The molecule has 1 aromatic rings. The molecular formula is C14H18O4. The van der Waals surface area contributed by atoms with Gasteiger partial charge < -0.3 is 14.9 Å². The third kappa shape index (κ3) is 5.01. The molecule has 98 valence electrons. The predicted molar refractivity (Wildman–Crippen MR) is 68.7 cm³/mol. The number of carboxylic acids is 1. The van der Waals surface area contributed by atoms with Crippen molar-refractivity contribution in [2.45, 2.75) is 13.3 Å². The van der Waals surface area contributed by atoms with E-state index in [9.17, 15) is 4.79 Å². The fourth-order valence-electron chi connectivity index (χ4n) is 1.45. The molecule has 0 spiro atoms. The first kappa shape index (κ1) is 14.3. The van der Waals surface area contributed by atoms with Crippen molar-refractivity contribution in [1.29, 1.82) is 0 Å². The summed E-state index contributed by atoms with van der Waals surface area (Å²) in [5.74, 6) is -0.607. The molecule has 0 aliphatic heterocycles. The normalized spacial score (nSPS) is 12.6. The summed E-state index contributed by atoms with van der Waals surface area (Å²) in [5, 5.41) is 17.6. The average molecular weight is 250 g/mol. The Hall–Kier alpha value is -1.81. The summed E-state index contributed by atoms with van der Waals surface area (Å²) in [7, 11) is 0. The lowest BCUT2D eigenvalue weighted by atomic mass is 10.1. The summed E-state index contributed by atoms with van der Waals surface area (Å²) >= 11 is 0. The van der Waals surface area contributed by atoms with Gasteiger partial charge in [-0.15, -0.1) is 0 Å². The highest BCUT2D eigenvalue weighted by Crippen LogP contribution is 2.14. The molecular weight excluding hydrogens is 232 g/mol. The van der Waals surface area contributed by atoms with Gasteiger partial charge in [-0.05, 0) is 24.1 Å². The molecule has 0 bridgehead atoms. The van der Waals surface area contributed by atoms with Crippen molar-refractivity contribution in [3.63, 3.8) is 0 Å². The second kappa shape index (κ2) is 7.50. The number of aliphatic hydroxyl groups excluding tert-OH is 1. The third-order valence-electron chi connectivity index (χ3n) is 2.52. The monoisotopic (exact) mass is 250 g/mol. The number of rotatable bonds is 7. The van der Waals surface area contributed by atoms with Gasteiger partial charge in [0.15, 0.2) is 0 Å². The molecule has 0 radical (unpaired) electrons. The molecule has 0 aromatic heterocycles. The minimum atomic E-state index is -1.03. The lowest BCUT2D eigenvalue weighted by Crippen LogP contribution is -2.14. The molecule has 0 heterocycles. The Balaban J connectivity index is 2.53. The number of benzene rings is 1. The fourth-order valence-corrected chi connectivity index (χ4v) is 1.45. The maximum Gasteiger partial charge on any atom is 0.327 e. The Morgan fingerprint density at radius 1 is 1.50 bits per heavy atom. The molecule has 4 nitrogen and oxygen atoms in total. The van der Waals surface area contributed by atoms with Gasteiger partial charge in [0, 0.05) is 12.0 Å². The molecule has 4 heteroatoms. The van der Waals surface area contributed by atoms with Gasteiger partial charge in [0.2, 0.25) is 0 Å². The SMILES string of the molecule is CCc1cccc(OCC(C=CC(=O)O)CO)c1. The number of aryl methyl sites for hydroxylation is 1. The summed E-state index contributed by atoms with van der Waals surface area (Å²) in [6.45, 7) is 2.18. The van der Waals surface area contributed by atoms with E-state index in [0.717, 1.165) is 18.2 Å². The van der Waals surface area contributed by atoms with E-state index < -0.39 is 5.97 Å². The summed E-state index contributed by atoms with van der Waals surface area (Å²) < 4.78 is 5.53. The van der Waals surface area contributed by atoms with Crippen LogP contribution < -0.4 is 4.74 Å². The highest BCUT2D eigenvalue weighted by molar-refractivity contribution is 5.79. The molecule has 0 amide bonds. The van der Waals surface area contributed by atoms with Crippen LogP contribution in [0, 0.1) is 5.92 Å². The molecule has 1 atom stereocenters. The highest BCUT2D eigenvalue weighted by Gasteiger charge is 2.05. The fraction of sp³-hybridized carbons (Fsp3) is 0.357. The van der Waals surface area contributed by atoms with Crippen LogP contribution in [0.2, 0.25) is 0 Å². The van der Waals surface area contributed by atoms with E-state index in [4.69, 9.17) is 14.9 Å². The van der Waals surface area contributed by atoms with Crippen LogP contribution in [0.3, 0.4) is 0 Å². The Kier molecular flexibility index (Phi) is 5.94. The van der Waals surface area contributed by atoms with E-state index in [0.29, 0.717) is 0 Å². The summed E-state index contributed by atoms with van der Waals surface area (Å²) in [6, 6.07) is 7.71. The van der Waals surface area contributed by atoms with Crippen LogP contribution in [0.25, 0.3) is 0 Å². The van der Waals surface area contributed by atoms with Gasteiger partial charge in [0.1, 0.15) is 5.75 Å². The van der Waals surface area contributed by atoms with Gasteiger partial charge in [0.25, 0.3) is 0 Å². The van der Waals surface area contributed by atoms with Crippen molar-refractivity contribution >= 4 is 5.97 Å². The summed E-state index contributed by atoms with van der Waals surface area (Å²) in [5.41, 5.74) is 1.18. The number of hydrogen-bond acceptors (Lipinski definition) is 3. The van der Waals surface area contributed by atoms with Gasteiger partial charge in [0.05, 0.1) is 13.2 Å². The van der Waals surface area contributed by atoms with E-state index in [-0.39, 0.29) is 19.1 Å². The lowest BCUT2D eigenvalue weighted by Gasteiger charge is -2.12. The zero-order valence-electron chi connectivity index (χ0n) is 10.4. The maximum absolute atomic E-state index is 10.4. The van der Waals surface area contributed by atoms with Crippen molar-refractivity contribution in [2.75, 3.05) is 13.2 Å². The second-order valence-corrected chi connectivity index (χ2v) is 3.95. The number of carboxylic acid groups (broad SMARTS) is 1. The predicted octanol–water partition coefficient (Wildman–Crippen LogP) is 1.88. The van der Waals surface area contributed by atoms with Crippen LogP contribution in [0.4, 0.5) is 0 Å². The van der Waals surface area contributed by atoms with E-state index in [1.807, 2.05) is 24.3 Å². The Morgan fingerprint density at radius 2 is 2.28 bits per heavy atom. The molecule has 1 unspecified atom stereocenters. The number of hydrogen-bond donors (Lipinski definition) is 2. The quantitative estimate of drug-likeness (QED) is 0.725. The molecule has 0 aliphatic carbocycles. The van der Waals surface area contributed by atoms with Gasteiger partial charge >= 0.3 is 5.97 Å². The van der Waals surface area contributed by atoms with Crippen LogP contribution >= 0.6 is 0 Å². The van der Waals surface area contributed by atoms with E-state index in [2.05, 4.69) is 6.92 Å². The zero-order chi connectivity index (χ0) is 13.4. The maximum atomic E-state index is 10.4. The van der Waals surface area contributed by atoms with Crippen molar-refractivity contribution in [3.05, 3.63) is 42.0 Å². The second-order valence-electron chi connectivity index (χ2n) is 3.95. The summed E-state index contributed by atoms with van der Waals surface area (Å²) in [6.07, 6.45) is 3.39.